The number of hydrogen-bond acceptors (Lipinski definition) is 3. The number of nitrogens with zero attached hydrogens (tertiary/aromatic N) is 2. The second-order valence-corrected chi connectivity index (χ2v) is 6.87. The number of rotatable bonds is 6. The summed E-state index contributed by atoms with van der Waals surface area (Å²) in [6, 6.07) is 4.99. The molecule has 1 heterocycles. The molecule has 21 heavy (non-hydrogen) atoms. The van der Waals surface area contributed by atoms with Gasteiger partial charge in [0.15, 0.2) is 0 Å². The Morgan fingerprint density at radius 1 is 1.43 bits per heavy atom. The Balaban J connectivity index is 2.10. The van der Waals surface area contributed by atoms with Gasteiger partial charge in [0.25, 0.3) is 0 Å². The van der Waals surface area contributed by atoms with Gasteiger partial charge < -0.3 is 9.80 Å². The van der Waals surface area contributed by atoms with Crippen molar-refractivity contribution in [3.05, 3.63) is 34.1 Å². The normalized spacial score (nSPS) is 18.8. The van der Waals surface area contributed by atoms with Crippen LogP contribution in [0.3, 0.4) is 0 Å². The van der Waals surface area contributed by atoms with Crippen molar-refractivity contribution in [2.75, 3.05) is 31.9 Å². The number of amides is 1. The summed E-state index contributed by atoms with van der Waals surface area (Å²) in [5.41, 5.74) is 0.971. The molecule has 1 atom stereocenters. The fourth-order valence-electron chi connectivity index (χ4n) is 2.43. The number of halogens is 2. The highest BCUT2D eigenvalue weighted by Crippen LogP contribution is 2.39. The van der Waals surface area contributed by atoms with Crippen LogP contribution in [0.25, 0.3) is 0 Å². The van der Waals surface area contributed by atoms with Crippen LogP contribution in [0.4, 0.5) is 4.39 Å². The monoisotopic (exact) mass is 374 g/mol. The second kappa shape index (κ2) is 7.61. The minimum Gasteiger partial charge on any atom is -0.325 e. The molecule has 1 unspecified atom stereocenters. The van der Waals surface area contributed by atoms with Gasteiger partial charge in [0.05, 0.1) is 10.2 Å². The van der Waals surface area contributed by atoms with E-state index in [-0.39, 0.29) is 17.1 Å². The number of likely N-dealkylation sites (N-methyl/N-ethyl adjacent to an activating group) is 1. The molecule has 1 aromatic carbocycles. The standard InChI is InChI=1S/C15H20BrFN2OS/c1-3-18(4-2)7-8-19-14(20)10-21-15(19)11-5-6-13(17)12(16)9-11/h5-6,9,15H,3-4,7-8,10H2,1-2H3. The van der Waals surface area contributed by atoms with Crippen LogP contribution in [0.15, 0.2) is 22.7 Å². The van der Waals surface area contributed by atoms with Crippen LogP contribution in [0, 0.1) is 5.82 Å². The van der Waals surface area contributed by atoms with Gasteiger partial charge in [-0.15, -0.1) is 11.8 Å². The molecule has 0 N–H and O–H groups in total. The van der Waals surface area contributed by atoms with Crippen molar-refractivity contribution in [1.82, 2.24) is 9.80 Å². The lowest BCUT2D eigenvalue weighted by atomic mass is 10.2. The first-order valence-corrected chi connectivity index (χ1v) is 8.99. The number of carbonyl (C=O) groups is 1. The molecule has 0 spiro atoms. The zero-order chi connectivity index (χ0) is 15.4. The van der Waals surface area contributed by atoms with Gasteiger partial charge in [-0.1, -0.05) is 19.9 Å². The molecule has 1 aliphatic rings. The van der Waals surface area contributed by atoms with Crippen LogP contribution in [0.5, 0.6) is 0 Å². The third-order valence-electron chi connectivity index (χ3n) is 3.75. The van der Waals surface area contributed by atoms with Gasteiger partial charge >= 0.3 is 0 Å². The van der Waals surface area contributed by atoms with Crippen molar-refractivity contribution < 1.29 is 9.18 Å². The molecule has 6 heteroatoms. The van der Waals surface area contributed by atoms with E-state index in [1.807, 2.05) is 4.90 Å². The van der Waals surface area contributed by atoms with Crippen LogP contribution < -0.4 is 0 Å². The van der Waals surface area contributed by atoms with Gasteiger partial charge in [0, 0.05) is 13.1 Å². The number of thioether (sulfide) groups is 1. The van der Waals surface area contributed by atoms with E-state index < -0.39 is 0 Å². The van der Waals surface area contributed by atoms with E-state index in [9.17, 15) is 9.18 Å². The molecule has 0 saturated carbocycles. The lowest BCUT2D eigenvalue weighted by molar-refractivity contribution is -0.128. The van der Waals surface area contributed by atoms with Gasteiger partial charge in [-0.3, -0.25) is 4.79 Å². The topological polar surface area (TPSA) is 23.6 Å². The van der Waals surface area contributed by atoms with Gasteiger partial charge in [0.1, 0.15) is 11.2 Å². The van der Waals surface area contributed by atoms with E-state index >= 15 is 0 Å². The van der Waals surface area contributed by atoms with Gasteiger partial charge in [0.2, 0.25) is 5.91 Å². The predicted molar refractivity (Wildman–Crippen MR) is 88.8 cm³/mol. The third kappa shape index (κ3) is 3.99. The summed E-state index contributed by atoms with van der Waals surface area (Å²) in [5, 5.41) is -0.00929. The molecule has 116 valence electrons. The van der Waals surface area contributed by atoms with Gasteiger partial charge in [-0.25, -0.2) is 4.39 Å². The lowest BCUT2D eigenvalue weighted by Gasteiger charge is -2.27. The van der Waals surface area contributed by atoms with E-state index in [0.717, 1.165) is 25.2 Å². The van der Waals surface area contributed by atoms with Gasteiger partial charge in [-0.2, -0.15) is 0 Å². The van der Waals surface area contributed by atoms with Crippen molar-refractivity contribution in [3.8, 4) is 0 Å². The van der Waals surface area contributed by atoms with Crippen LogP contribution in [0.1, 0.15) is 24.8 Å². The Hall–Kier alpha value is -0.590. The molecular formula is C15H20BrFN2OS. The summed E-state index contributed by atoms with van der Waals surface area (Å²) in [6.45, 7) is 7.81. The summed E-state index contributed by atoms with van der Waals surface area (Å²) in [4.78, 5) is 16.3. The summed E-state index contributed by atoms with van der Waals surface area (Å²) < 4.78 is 13.8. The van der Waals surface area contributed by atoms with Gasteiger partial charge in [-0.05, 0) is 46.7 Å². The first-order valence-electron chi connectivity index (χ1n) is 7.15. The van der Waals surface area contributed by atoms with E-state index in [2.05, 4.69) is 34.7 Å². The van der Waals surface area contributed by atoms with Crippen molar-refractivity contribution in [3.63, 3.8) is 0 Å². The van der Waals surface area contributed by atoms with E-state index in [4.69, 9.17) is 0 Å². The Bertz CT molecular complexity index is 510. The molecule has 1 fully saturated rings. The maximum absolute atomic E-state index is 13.4. The summed E-state index contributed by atoms with van der Waals surface area (Å²) in [7, 11) is 0. The third-order valence-corrected chi connectivity index (χ3v) is 5.61. The SMILES string of the molecule is CCN(CC)CCN1C(=O)CSC1c1ccc(F)c(Br)c1. The Morgan fingerprint density at radius 2 is 2.14 bits per heavy atom. The highest BCUT2D eigenvalue weighted by atomic mass is 79.9. The fraction of sp³-hybridized carbons (Fsp3) is 0.533. The molecule has 1 aromatic rings. The van der Waals surface area contributed by atoms with Crippen molar-refractivity contribution in [1.29, 1.82) is 0 Å². The molecule has 0 aromatic heterocycles. The van der Waals surface area contributed by atoms with Crippen LogP contribution in [-0.2, 0) is 4.79 Å². The zero-order valence-electron chi connectivity index (χ0n) is 12.3. The number of benzene rings is 1. The summed E-state index contributed by atoms with van der Waals surface area (Å²) >= 11 is 4.82. The number of carbonyl (C=O) groups excluding carboxylic acids is 1. The first-order chi connectivity index (χ1) is 10.1. The molecule has 0 aliphatic carbocycles. The minimum absolute atomic E-state index is 0.00929. The Morgan fingerprint density at radius 3 is 2.76 bits per heavy atom. The van der Waals surface area contributed by atoms with Crippen LogP contribution in [0.2, 0.25) is 0 Å². The van der Waals surface area contributed by atoms with E-state index in [1.54, 1.807) is 23.9 Å². The molecule has 1 aliphatic heterocycles. The average molecular weight is 375 g/mol. The largest absolute Gasteiger partial charge is 0.325 e. The average Bonchev–Trinajstić information content (AvgIpc) is 2.84. The molecule has 3 nitrogen and oxygen atoms in total. The van der Waals surface area contributed by atoms with Crippen molar-refractivity contribution in [2.45, 2.75) is 19.2 Å². The molecule has 2 rings (SSSR count). The Labute approximate surface area is 138 Å². The van der Waals surface area contributed by atoms with Crippen molar-refractivity contribution in [2.24, 2.45) is 0 Å². The molecule has 0 radical (unpaired) electrons. The van der Waals surface area contributed by atoms with E-state index in [1.165, 1.54) is 6.07 Å². The zero-order valence-corrected chi connectivity index (χ0v) is 14.7. The second-order valence-electron chi connectivity index (χ2n) is 4.95. The minimum atomic E-state index is -0.275. The van der Waals surface area contributed by atoms with Crippen LogP contribution >= 0.6 is 27.7 Å². The summed E-state index contributed by atoms with van der Waals surface area (Å²) in [5.74, 6) is 0.387. The number of hydrogen-bond donors (Lipinski definition) is 0. The first kappa shape index (κ1) is 16.8. The van der Waals surface area contributed by atoms with Crippen LogP contribution in [-0.4, -0.2) is 47.6 Å². The molecule has 1 amide bonds. The maximum atomic E-state index is 13.4. The highest BCUT2D eigenvalue weighted by Gasteiger charge is 2.32. The molecule has 0 bridgehead atoms. The Kier molecular flexibility index (Phi) is 6.08. The fourth-order valence-corrected chi connectivity index (χ4v) is 4.03. The van der Waals surface area contributed by atoms with E-state index in [0.29, 0.717) is 16.8 Å². The lowest BCUT2D eigenvalue weighted by Crippen LogP contribution is -2.37. The van der Waals surface area contributed by atoms with Crippen molar-refractivity contribution >= 4 is 33.6 Å². The maximum Gasteiger partial charge on any atom is 0.233 e. The smallest absolute Gasteiger partial charge is 0.233 e. The predicted octanol–water partition coefficient (Wildman–Crippen LogP) is 3.50. The summed E-state index contributed by atoms with van der Waals surface area (Å²) in [6.07, 6.45) is 0. The molecule has 1 saturated heterocycles. The quantitative estimate of drug-likeness (QED) is 0.761. The molecular weight excluding hydrogens is 355 g/mol. The highest BCUT2D eigenvalue weighted by molar-refractivity contribution is 9.10.